The molecule has 0 fully saturated rings. The molecule has 32 heavy (non-hydrogen) atoms. The molecule has 1 heterocycles. The van der Waals surface area contributed by atoms with Gasteiger partial charge in [0.05, 0.1) is 12.1 Å². The molecule has 1 aromatic heterocycles. The number of benzene rings is 2. The third-order valence-electron chi connectivity index (χ3n) is 5.26. The van der Waals surface area contributed by atoms with Crippen molar-refractivity contribution in [3.05, 3.63) is 72.1 Å². The number of ether oxygens (including phenoxy) is 1. The summed E-state index contributed by atoms with van der Waals surface area (Å²) in [5.41, 5.74) is 3.38. The van der Waals surface area contributed by atoms with Crippen LogP contribution in [0.1, 0.15) is 35.8 Å². The van der Waals surface area contributed by atoms with Crippen molar-refractivity contribution in [2.24, 2.45) is 5.92 Å². The first-order chi connectivity index (χ1) is 15.6. The number of nitrogens with zero attached hydrogens (tertiary/aromatic N) is 2. The normalized spacial score (nSPS) is 12.8. The molecule has 1 amide bonds. The summed E-state index contributed by atoms with van der Waals surface area (Å²) in [7, 11) is 0. The van der Waals surface area contributed by atoms with Gasteiger partial charge < -0.3 is 15.2 Å². The minimum atomic E-state index is -0.898. The van der Waals surface area contributed by atoms with E-state index in [2.05, 4.69) is 20.7 Å². The van der Waals surface area contributed by atoms with E-state index in [1.807, 2.05) is 61.5 Å². The topological polar surface area (TPSA) is 117 Å². The summed E-state index contributed by atoms with van der Waals surface area (Å²) in [5.74, 6) is -1.92. The van der Waals surface area contributed by atoms with E-state index < -0.39 is 17.8 Å². The zero-order chi connectivity index (χ0) is 22.8. The van der Waals surface area contributed by atoms with Crippen molar-refractivity contribution < 1.29 is 19.4 Å². The molecular formula is C24H28N4O4. The van der Waals surface area contributed by atoms with Crippen molar-refractivity contribution in [2.45, 2.75) is 32.2 Å². The van der Waals surface area contributed by atoms with Crippen LogP contribution in [-0.4, -0.2) is 51.6 Å². The fraction of sp³-hybridized carbons (Fsp3) is 0.333. The highest BCUT2D eigenvalue weighted by molar-refractivity contribution is 5.92. The number of carbonyl (C=O) groups excluding carboxylic acids is 1. The van der Waals surface area contributed by atoms with Crippen molar-refractivity contribution in [3.63, 3.8) is 0 Å². The van der Waals surface area contributed by atoms with Crippen LogP contribution in [0.15, 0.2) is 60.8 Å². The molecule has 3 aromatic rings. The van der Waals surface area contributed by atoms with Gasteiger partial charge in [0.25, 0.3) is 5.91 Å². The Hall–Kier alpha value is -3.52. The Kier molecular flexibility index (Phi) is 8.51. The number of carboxylic acid groups (broad SMARTS) is 1. The quantitative estimate of drug-likeness (QED) is 0.375. The molecule has 0 radical (unpaired) electrons. The van der Waals surface area contributed by atoms with Gasteiger partial charge in [0.2, 0.25) is 0 Å². The van der Waals surface area contributed by atoms with Gasteiger partial charge in [0.15, 0.2) is 5.69 Å². The molecule has 8 heteroatoms. The minimum absolute atomic E-state index is 0.163. The lowest BCUT2D eigenvalue weighted by Gasteiger charge is -2.22. The van der Waals surface area contributed by atoms with Crippen LogP contribution in [0.2, 0.25) is 0 Å². The summed E-state index contributed by atoms with van der Waals surface area (Å²) >= 11 is 0. The molecule has 168 valence electrons. The van der Waals surface area contributed by atoms with Crippen molar-refractivity contribution in [1.82, 2.24) is 20.7 Å². The highest BCUT2D eigenvalue weighted by Crippen LogP contribution is 2.21. The third-order valence-corrected chi connectivity index (χ3v) is 5.26. The Bertz CT molecular complexity index is 975. The minimum Gasteiger partial charge on any atom is -0.481 e. The van der Waals surface area contributed by atoms with Gasteiger partial charge in [-0.1, -0.05) is 59.8 Å². The number of rotatable bonds is 12. The van der Waals surface area contributed by atoms with Gasteiger partial charge in [-0.2, -0.15) is 0 Å². The average Bonchev–Trinajstić information content (AvgIpc) is 3.35. The lowest BCUT2D eigenvalue weighted by molar-refractivity contribution is -0.142. The van der Waals surface area contributed by atoms with Crippen molar-refractivity contribution >= 4 is 11.9 Å². The number of aromatic amines is 1. The maximum Gasteiger partial charge on any atom is 0.306 e. The fourth-order valence-electron chi connectivity index (χ4n) is 3.57. The molecule has 3 rings (SSSR count). The molecule has 0 aliphatic heterocycles. The Balaban J connectivity index is 1.73. The lowest BCUT2D eigenvalue weighted by Crippen LogP contribution is -2.39. The molecule has 2 atom stereocenters. The van der Waals surface area contributed by atoms with Crippen LogP contribution >= 0.6 is 0 Å². The monoisotopic (exact) mass is 436 g/mol. The van der Waals surface area contributed by atoms with Crippen LogP contribution < -0.4 is 5.32 Å². The number of aromatic nitrogens is 3. The highest BCUT2D eigenvalue weighted by Gasteiger charge is 2.25. The van der Waals surface area contributed by atoms with E-state index >= 15 is 0 Å². The standard InChI is InChI=1S/C24H28N4O4/c1-2-32-13-12-20(24(30)31)15-21(26-23(29)22-16-25-28-27-22)14-17-8-10-19(11-9-17)18-6-4-3-5-7-18/h3-11,16,20-21H,2,12-15H2,1H3,(H,26,29)(H,30,31)(H,25,27,28)/t20-,21-/m1/s1. The van der Waals surface area contributed by atoms with Crippen LogP contribution in [0, 0.1) is 5.92 Å². The Labute approximate surface area is 187 Å². The summed E-state index contributed by atoms with van der Waals surface area (Å²) in [6, 6.07) is 17.8. The van der Waals surface area contributed by atoms with Gasteiger partial charge >= 0.3 is 5.97 Å². The number of carboxylic acids is 1. The van der Waals surface area contributed by atoms with Gasteiger partial charge in [-0.05, 0) is 42.9 Å². The number of amides is 1. The van der Waals surface area contributed by atoms with Crippen LogP contribution in [0.3, 0.4) is 0 Å². The predicted molar refractivity (Wildman–Crippen MR) is 120 cm³/mol. The zero-order valence-corrected chi connectivity index (χ0v) is 18.0. The van der Waals surface area contributed by atoms with E-state index in [9.17, 15) is 14.7 Å². The maximum atomic E-state index is 12.6. The second-order valence-corrected chi connectivity index (χ2v) is 7.55. The van der Waals surface area contributed by atoms with E-state index in [1.165, 1.54) is 6.20 Å². The molecule has 0 bridgehead atoms. The Morgan fingerprint density at radius 3 is 2.44 bits per heavy atom. The van der Waals surface area contributed by atoms with Crippen LogP contribution in [0.4, 0.5) is 0 Å². The van der Waals surface area contributed by atoms with Gasteiger partial charge in [-0.25, -0.2) is 0 Å². The number of carbonyl (C=O) groups is 2. The van der Waals surface area contributed by atoms with E-state index in [1.54, 1.807) is 0 Å². The molecule has 0 spiro atoms. The zero-order valence-electron chi connectivity index (χ0n) is 18.0. The number of nitrogens with one attached hydrogen (secondary N) is 2. The fourth-order valence-corrected chi connectivity index (χ4v) is 3.57. The predicted octanol–water partition coefficient (Wildman–Crippen LogP) is 3.33. The van der Waals surface area contributed by atoms with Crippen molar-refractivity contribution in [2.75, 3.05) is 13.2 Å². The van der Waals surface area contributed by atoms with Gasteiger partial charge in [0, 0.05) is 19.3 Å². The summed E-state index contributed by atoms with van der Waals surface area (Å²) in [4.78, 5) is 24.4. The number of hydrogen-bond acceptors (Lipinski definition) is 5. The first-order valence-electron chi connectivity index (χ1n) is 10.7. The largest absolute Gasteiger partial charge is 0.481 e. The van der Waals surface area contributed by atoms with Crippen molar-refractivity contribution in [1.29, 1.82) is 0 Å². The second kappa shape index (κ2) is 11.8. The molecule has 8 nitrogen and oxygen atoms in total. The summed E-state index contributed by atoms with van der Waals surface area (Å²) in [6.45, 7) is 2.77. The molecule has 0 saturated heterocycles. The smallest absolute Gasteiger partial charge is 0.306 e. The van der Waals surface area contributed by atoms with E-state index in [0.717, 1.165) is 16.7 Å². The molecular weight excluding hydrogens is 408 g/mol. The molecule has 0 saturated carbocycles. The summed E-state index contributed by atoms with van der Waals surface area (Å²) < 4.78 is 5.34. The van der Waals surface area contributed by atoms with Crippen LogP contribution in [0.5, 0.6) is 0 Å². The Morgan fingerprint density at radius 1 is 1.09 bits per heavy atom. The Morgan fingerprint density at radius 2 is 1.81 bits per heavy atom. The van der Waals surface area contributed by atoms with Gasteiger partial charge in [-0.15, -0.1) is 5.10 Å². The number of aliphatic carboxylic acids is 1. The summed E-state index contributed by atoms with van der Waals surface area (Å²) in [5, 5.41) is 22.4. The number of H-pyrrole nitrogens is 1. The van der Waals surface area contributed by atoms with Gasteiger partial charge in [-0.3, -0.25) is 14.7 Å². The first-order valence-corrected chi connectivity index (χ1v) is 10.7. The average molecular weight is 437 g/mol. The molecule has 2 aromatic carbocycles. The third kappa shape index (κ3) is 6.75. The van der Waals surface area contributed by atoms with Crippen LogP contribution in [0.25, 0.3) is 11.1 Å². The maximum absolute atomic E-state index is 12.6. The van der Waals surface area contributed by atoms with Crippen molar-refractivity contribution in [3.8, 4) is 11.1 Å². The lowest BCUT2D eigenvalue weighted by atomic mass is 9.92. The molecule has 0 unspecified atom stereocenters. The first kappa shape index (κ1) is 23.1. The highest BCUT2D eigenvalue weighted by atomic mass is 16.5. The summed E-state index contributed by atoms with van der Waals surface area (Å²) in [6.07, 6.45) is 2.57. The van der Waals surface area contributed by atoms with E-state index in [0.29, 0.717) is 26.1 Å². The second-order valence-electron chi connectivity index (χ2n) is 7.55. The van der Waals surface area contributed by atoms with E-state index in [-0.39, 0.29) is 18.2 Å². The number of hydrogen-bond donors (Lipinski definition) is 3. The SMILES string of the molecule is CCOCC[C@H](C[C@@H](Cc1ccc(-c2ccccc2)cc1)NC(=O)c1c[nH]nn1)C(=O)O. The van der Waals surface area contributed by atoms with Gasteiger partial charge in [0.1, 0.15) is 0 Å². The molecule has 0 aliphatic carbocycles. The van der Waals surface area contributed by atoms with E-state index in [4.69, 9.17) is 4.74 Å². The molecule has 3 N–H and O–H groups in total. The molecule has 0 aliphatic rings. The van der Waals surface area contributed by atoms with Crippen LogP contribution in [-0.2, 0) is 16.0 Å².